The SMILES string of the molecule is OC(c1c(C2CC2)ccn2cncc12)C1CCN(c2ccc(F)c3cnccc23)CC1. The van der Waals surface area contributed by atoms with Gasteiger partial charge in [0.1, 0.15) is 5.82 Å². The van der Waals surface area contributed by atoms with Crippen LogP contribution < -0.4 is 4.90 Å². The molecule has 2 aliphatic rings. The Labute approximate surface area is 180 Å². The van der Waals surface area contributed by atoms with Crippen LogP contribution >= 0.6 is 0 Å². The maximum Gasteiger partial charge on any atom is 0.132 e. The number of rotatable bonds is 4. The molecule has 1 atom stereocenters. The average Bonchev–Trinajstić information content (AvgIpc) is 3.55. The number of hydrogen-bond acceptors (Lipinski definition) is 4. The average molecular weight is 417 g/mol. The first kappa shape index (κ1) is 18.8. The first-order valence-electron chi connectivity index (χ1n) is 11.1. The Morgan fingerprint density at radius 3 is 2.61 bits per heavy atom. The van der Waals surface area contributed by atoms with Crippen LogP contribution in [-0.4, -0.2) is 32.6 Å². The molecule has 1 aliphatic heterocycles. The summed E-state index contributed by atoms with van der Waals surface area (Å²) in [4.78, 5) is 10.7. The molecule has 0 bridgehead atoms. The zero-order valence-corrected chi connectivity index (χ0v) is 17.3. The van der Waals surface area contributed by atoms with Crippen molar-refractivity contribution in [3.8, 4) is 0 Å². The summed E-state index contributed by atoms with van der Waals surface area (Å²) in [5.41, 5.74) is 4.43. The highest BCUT2D eigenvalue weighted by Crippen LogP contribution is 2.46. The van der Waals surface area contributed by atoms with Gasteiger partial charge < -0.3 is 14.4 Å². The highest BCUT2D eigenvalue weighted by atomic mass is 19.1. The quantitative estimate of drug-likeness (QED) is 0.517. The summed E-state index contributed by atoms with van der Waals surface area (Å²) in [6, 6.07) is 7.45. The molecule has 1 aliphatic carbocycles. The van der Waals surface area contributed by atoms with E-state index in [0.29, 0.717) is 11.3 Å². The van der Waals surface area contributed by atoms with Crippen molar-refractivity contribution in [3.63, 3.8) is 0 Å². The molecule has 3 aromatic heterocycles. The zero-order chi connectivity index (χ0) is 20.9. The minimum Gasteiger partial charge on any atom is -0.388 e. The molecule has 1 saturated carbocycles. The van der Waals surface area contributed by atoms with E-state index in [4.69, 9.17) is 0 Å². The third-order valence-electron chi connectivity index (χ3n) is 7.05. The number of halogens is 1. The molecule has 6 heteroatoms. The highest BCUT2D eigenvalue weighted by molar-refractivity contribution is 5.94. The largest absolute Gasteiger partial charge is 0.388 e. The van der Waals surface area contributed by atoms with Crippen molar-refractivity contribution in [2.24, 2.45) is 5.92 Å². The smallest absolute Gasteiger partial charge is 0.132 e. The molecular weight excluding hydrogens is 391 g/mol. The summed E-state index contributed by atoms with van der Waals surface area (Å²) < 4.78 is 16.2. The molecule has 4 heterocycles. The number of piperidine rings is 1. The summed E-state index contributed by atoms with van der Waals surface area (Å²) in [6.07, 6.45) is 12.7. The molecule has 2 fully saturated rings. The van der Waals surface area contributed by atoms with Crippen LogP contribution in [0.25, 0.3) is 16.3 Å². The Kier molecular flexibility index (Phi) is 4.42. The van der Waals surface area contributed by atoms with Gasteiger partial charge in [0.25, 0.3) is 0 Å². The van der Waals surface area contributed by atoms with Crippen molar-refractivity contribution in [3.05, 3.63) is 72.3 Å². The minimum absolute atomic E-state index is 0.197. The molecule has 4 aromatic rings. The van der Waals surface area contributed by atoms with Gasteiger partial charge in [0.15, 0.2) is 0 Å². The van der Waals surface area contributed by atoms with Gasteiger partial charge in [-0.1, -0.05) is 0 Å². The number of fused-ring (bicyclic) bond motifs is 2. The summed E-state index contributed by atoms with van der Waals surface area (Å²) in [7, 11) is 0. The first-order chi connectivity index (χ1) is 15.2. The van der Waals surface area contributed by atoms with Gasteiger partial charge in [0.2, 0.25) is 0 Å². The number of nitrogens with zero attached hydrogens (tertiary/aromatic N) is 4. The molecule has 0 amide bonds. The lowest BCUT2D eigenvalue weighted by Gasteiger charge is -2.36. The van der Waals surface area contributed by atoms with Gasteiger partial charge in [-0.25, -0.2) is 9.37 Å². The molecule has 5 nitrogen and oxygen atoms in total. The van der Waals surface area contributed by atoms with Crippen molar-refractivity contribution in [1.82, 2.24) is 14.4 Å². The van der Waals surface area contributed by atoms with E-state index in [-0.39, 0.29) is 11.7 Å². The fourth-order valence-corrected chi connectivity index (χ4v) is 5.21. The second-order valence-electron chi connectivity index (χ2n) is 8.90. The molecular formula is C25H25FN4O. The lowest BCUT2D eigenvalue weighted by molar-refractivity contribution is 0.0932. The van der Waals surface area contributed by atoms with E-state index in [2.05, 4.69) is 27.1 Å². The number of hydrogen-bond donors (Lipinski definition) is 1. The summed E-state index contributed by atoms with van der Waals surface area (Å²) in [6.45, 7) is 1.68. The molecule has 1 unspecified atom stereocenters. The highest BCUT2D eigenvalue weighted by Gasteiger charge is 2.34. The maximum absolute atomic E-state index is 14.2. The Morgan fingerprint density at radius 1 is 0.968 bits per heavy atom. The van der Waals surface area contributed by atoms with Crippen LogP contribution in [0.3, 0.4) is 0 Å². The standard InChI is InChI=1S/C25H25FN4O/c26-21-3-4-22(19-5-9-27-13-20(19)21)29-10-6-17(7-11-29)25(31)24-18(16-1-2-16)8-12-30-15-28-14-23(24)30/h3-5,8-9,12-17,25,31H,1-2,6-7,10-11H2. The van der Waals surface area contributed by atoms with Crippen LogP contribution in [0.2, 0.25) is 0 Å². The van der Waals surface area contributed by atoms with Gasteiger partial charge in [-0.15, -0.1) is 0 Å². The summed E-state index contributed by atoms with van der Waals surface area (Å²) >= 11 is 0. The molecule has 31 heavy (non-hydrogen) atoms. The minimum atomic E-state index is -0.493. The Balaban J connectivity index is 1.27. The number of aliphatic hydroxyl groups is 1. The Morgan fingerprint density at radius 2 is 1.81 bits per heavy atom. The van der Waals surface area contributed by atoms with E-state index in [1.54, 1.807) is 18.7 Å². The van der Waals surface area contributed by atoms with Crippen LogP contribution in [0.5, 0.6) is 0 Å². The number of imidazole rings is 1. The first-order valence-corrected chi connectivity index (χ1v) is 11.1. The lowest BCUT2D eigenvalue weighted by atomic mass is 9.84. The fraction of sp³-hybridized carbons (Fsp3) is 0.360. The summed E-state index contributed by atoms with van der Waals surface area (Å²) in [5, 5.41) is 12.9. The summed E-state index contributed by atoms with van der Waals surface area (Å²) in [5.74, 6) is 0.533. The Hall–Kier alpha value is -2.99. The van der Waals surface area contributed by atoms with Crippen molar-refractivity contribution in [2.45, 2.75) is 37.7 Å². The topological polar surface area (TPSA) is 53.7 Å². The predicted octanol–water partition coefficient (Wildman–Crippen LogP) is 4.85. The number of aromatic nitrogens is 3. The zero-order valence-electron chi connectivity index (χ0n) is 17.3. The molecule has 158 valence electrons. The van der Waals surface area contributed by atoms with Gasteiger partial charge in [-0.05, 0) is 67.3 Å². The molecule has 1 N–H and O–H groups in total. The van der Waals surface area contributed by atoms with Crippen molar-refractivity contribution < 1.29 is 9.50 Å². The molecule has 1 aromatic carbocycles. The number of aliphatic hydroxyl groups excluding tert-OH is 1. The predicted molar refractivity (Wildman–Crippen MR) is 119 cm³/mol. The van der Waals surface area contributed by atoms with Gasteiger partial charge in [0, 0.05) is 53.7 Å². The van der Waals surface area contributed by atoms with Crippen molar-refractivity contribution in [2.75, 3.05) is 18.0 Å². The fourth-order valence-electron chi connectivity index (χ4n) is 5.21. The van der Waals surface area contributed by atoms with E-state index >= 15 is 0 Å². The number of anilines is 1. The van der Waals surface area contributed by atoms with Crippen LogP contribution in [0.4, 0.5) is 10.1 Å². The third-order valence-corrected chi connectivity index (χ3v) is 7.05. The molecule has 0 spiro atoms. The van der Waals surface area contributed by atoms with Crippen LogP contribution in [0.15, 0.2) is 55.4 Å². The second kappa shape index (κ2) is 7.31. The monoisotopic (exact) mass is 416 g/mol. The molecule has 1 saturated heterocycles. The van der Waals surface area contributed by atoms with Crippen LogP contribution in [-0.2, 0) is 0 Å². The van der Waals surface area contributed by atoms with Gasteiger partial charge in [-0.3, -0.25) is 4.98 Å². The number of pyridine rings is 2. The van der Waals surface area contributed by atoms with Gasteiger partial charge in [-0.2, -0.15) is 0 Å². The van der Waals surface area contributed by atoms with E-state index in [9.17, 15) is 9.50 Å². The van der Waals surface area contributed by atoms with Gasteiger partial charge >= 0.3 is 0 Å². The van der Waals surface area contributed by atoms with Gasteiger partial charge in [0.05, 0.1) is 24.1 Å². The van der Waals surface area contributed by atoms with E-state index < -0.39 is 6.10 Å². The van der Waals surface area contributed by atoms with Crippen LogP contribution in [0.1, 0.15) is 48.8 Å². The molecule has 0 radical (unpaired) electrons. The van der Waals surface area contributed by atoms with Crippen LogP contribution in [0, 0.1) is 11.7 Å². The van der Waals surface area contributed by atoms with E-state index in [1.807, 2.05) is 22.7 Å². The van der Waals surface area contributed by atoms with E-state index in [0.717, 1.165) is 48.1 Å². The van der Waals surface area contributed by atoms with Crippen molar-refractivity contribution >= 4 is 22.0 Å². The third kappa shape index (κ3) is 3.17. The second-order valence-corrected chi connectivity index (χ2v) is 8.90. The maximum atomic E-state index is 14.2. The molecule has 6 rings (SSSR count). The normalized spacial score (nSPS) is 18.7. The van der Waals surface area contributed by atoms with Crippen molar-refractivity contribution in [1.29, 1.82) is 0 Å². The number of benzene rings is 1. The Bertz CT molecular complexity index is 1260. The van der Waals surface area contributed by atoms with E-state index in [1.165, 1.54) is 24.5 Å². The lowest BCUT2D eigenvalue weighted by Crippen LogP contribution is -2.36.